The van der Waals surface area contributed by atoms with Gasteiger partial charge in [0.05, 0.1) is 0 Å². The van der Waals surface area contributed by atoms with Gasteiger partial charge in [0, 0.05) is 0 Å². The van der Waals surface area contributed by atoms with E-state index >= 15 is 0 Å². The van der Waals surface area contributed by atoms with Crippen LogP contribution in [0.15, 0.2) is 24.3 Å². The Morgan fingerprint density at radius 1 is 1.20 bits per heavy atom. The second kappa shape index (κ2) is 7.30. The first-order valence-corrected chi connectivity index (χ1v) is 5.67. The summed E-state index contributed by atoms with van der Waals surface area (Å²) in [5.74, 6) is 0.879. The largest absolute Gasteiger partial charge is 0.491 e. The number of benzene rings is 1. The lowest BCUT2D eigenvalue weighted by Crippen LogP contribution is -2.03. The van der Waals surface area contributed by atoms with Crippen molar-refractivity contribution < 1.29 is 9.84 Å². The van der Waals surface area contributed by atoms with E-state index in [-0.39, 0.29) is 13.2 Å². The number of hydrogen-bond donors (Lipinski definition) is 0. The number of para-hydroxylation sites is 1. The Kier molecular flexibility index (Phi) is 5.86. The summed E-state index contributed by atoms with van der Waals surface area (Å²) in [6.45, 7) is 2.29. The minimum atomic E-state index is -0.177. The van der Waals surface area contributed by atoms with Gasteiger partial charge in [-0.05, 0) is 24.5 Å². The molecular formula is C13H19O2. The second-order valence-electron chi connectivity index (χ2n) is 3.62. The molecule has 0 bridgehead atoms. The van der Waals surface area contributed by atoms with Crippen molar-refractivity contribution >= 4 is 0 Å². The highest BCUT2D eigenvalue weighted by Gasteiger charge is 2.01. The van der Waals surface area contributed by atoms with Crippen LogP contribution in [0.4, 0.5) is 0 Å². The molecule has 0 heterocycles. The fraction of sp³-hybridized carbons (Fsp3) is 0.538. The first-order chi connectivity index (χ1) is 7.38. The summed E-state index contributed by atoms with van der Waals surface area (Å²) in [5.41, 5.74) is 1.22. The summed E-state index contributed by atoms with van der Waals surface area (Å²) in [7, 11) is 0. The van der Waals surface area contributed by atoms with E-state index in [0.29, 0.717) is 0 Å². The van der Waals surface area contributed by atoms with E-state index in [1.165, 1.54) is 24.8 Å². The molecule has 1 aromatic rings. The third-order valence-electron chi connectivity index (χ3n) is 2.36. The minimum absolute atomic E-state index is 0.177. The van der Waals surface area contributed by atoms with Crippen molar-refractivity contribution in [2.45, 2.75) is 32.6 Å². The van der Waals surface area contributed by atoms with Crippen LogP contribution in [0, 0.1) is 0 Å². The molecule has 0 aliphatic heterocycles. The van der Waals surface area contributed by atoms with E-state index in [1.54, 1.807) is 0 Å². The van der Waals surface area contributed by atoms with E-state index in [4.69, 9.17) is 4.74 Å². The normalized spacial score (nSPS) is 10.3. The van der Waals surface area contributed by atoms with E-state index in [9.17, 15) is 5.11 Å². The fourth-order valence-electron chi connectivity index (χ4n) is 1.57. The van der Waals surface area contributed by atoms with Crippen LogP contribution >= 0.6 is 0 Å². The van der Waals surface area contributed by atoms with E-state index in [2.05, 4.69) is 13.0 Å². The molecule has 83 valence electrons. The van der Waals surface area contributed by atoms with Gasteiger partial charge in [-0.25, -0.2) is 5.11 Å². The fourth-order valence-corrected chi connectivity index (χ4v) is 1.57. The maximum absolute atomic E-state index is 10.3. The molecule has 0 saturated heterocycles. The van der Waals surface area contributed by atoms with Crippen LogP contribution in [-0.4, -0.2) is 13.2 Å². The standard InChI is InChI=1S/C13H19O2/c1-2-3-4-7-12-8-5-6-9-13(12)15-11-10-14/h5-6,8-9H,2-4,7,10-11H2,1H3. The Labute approximate surface area is 91.9 Å². The molecule has 0 spiro atoms. The van der Waals surface area contributed by atoms with Crippen LogP contribution in [0.25, 0.3) is 0 Å². The van der Waals surface area contributed by atoms with Crippen LogP contribution in [0.1, 0.15) is 31.7 Å². The molecular weight excluding hydrogens is 188 g/mol. The van der Waals surface area contributed by atoms with Crippen molar-refractivity contribution in [1.82, 2.24) is 0 Å². The van der Waals surface area contributed by atoms with E-state index in [0.717, 1.165) is 12.2 Å². The Morgan fingerprint density at radius 2 is 2.00 bits per heavy atom. The highest BCUT2D eigenvalue weighted by molar-refractivity contribution is 5.33. The zero-order valence-corrected chi connectivity index (χ0v) is 9.37. The number of unbranched alkanes of at least 4 members (excludes halogenated alkanes) is 2. The quantitative estimate of drug-likeness (QED) is 0.631. The van der Waals surface area contributed by atoms with Crippen molar-refractivity contribution in [3.05, 3.63) is 29.8 Å². The molecule has 1 radical (unpaired) electrons. The van der Waals surface area contributed by atoms with Crippen molar-refractivity contribution in [1.29, 1.82) is 0 Å². The Hall–Kier alpha value is -1.02. The van der Waals surface area contributed by atoms with Crippen molar-refractivity contribution in [2.24, 2.45) is 0 Å². The van der Waals surface area contributed by atoms with Gasteiger partial charge in [0.2, 0.25) is 0 Å². The first kappa shape index (κ1) is 12.1. The van der Waals surface area contributed by atoms with Gasteiger partial charge in [-0.1, -0.05) is 38.0 Å². The lowest BCUT2D eigenvalue weighted by Gasteiger charge is -2.09. The number of rotatable bonds is 7. The predicted molar refractivity (Wildman–Crippen MR) is 60.7 cm³/mol. The second-order valence-corrected chi connectivity index (χ2v) is 3.62. The minimum Gasteiger partial charge on any atom is -0.491 e. The van der Waals surface area contributed by atoms with Crippen LogP contribution < -0.4 is 4.74 Å². The van der Waals surface area contributed by atoms with Gasteiger partial charge in [0.1, 0.15) is 19.0 Å². The third kappa shape index (κ3) is 4.34. The molecule has 0 saturated carbocycles. The summed E-state index contributed by atoms with van der Waals surface area (Å²) >= 11 is 0. The monoisotopic (exact) mass is 207 g/mol. The molecule has 1 rings (SSSR count). The lowest BCUT2D eigenvalue weighted by atomic mass is 10.1. The molecule has 0 aliphatic rings. The van der Waals surface area contributed by atoms with Gasteiger partial charge in [-0.2, -0.15) is 0 Å². The molecule has 2 heteroatoms. The zero-order chi connectivity index (χ0) is 10.9. The lowest BCUT2D eigenvalue weighted by molar-refractivity contribution is 0.137. The highest BCUT2D eigenvalue weighted by atomic mass is 16.5. The summed E-state index contributed by atoms with van der Waals surface area (Å²) in [5, 5.41) is 10.3. The maximum Gasteiger partial charge on any atom is 0.122 e. The maximum atomic E-state index is 10.3. The SMILES string of the molecule is CCCCCc1ccccc1OCC[O]. The van der Waals surface area contributed by atoms with Crippen LogP contribution in [-0.2, 0) is 11.5 Å². The molecule has 0 atom stereocenters. The summed E-state index contributed by atoms with van der Waals surface area (Å²) in [4.78, 5) is 0. The summed E-state index contributed by atoms with van der Waals surface area (Å²) in [6, 6.07) is 7.99. The van der Waals surface area contributed by atoms with Crippen molar-refractivity contribution in [3.63, 3.8) is 0 Å². The number of hydrogen-bond acceptors (Lipinski definition) is 1. The van der Waals surface area contributed by atoms with Gasteiger partial charge in [-0.3, -0.25) is 0 Å². The number of ether oxygens (including phenoxy) is 1. The summed E-state index contributed by atoms with van der Waals surface area (Å²) < 4.78 is 5.40. The van der Waals surface area contributed by atoms with Crippen LogP contribution in [0.2, 0.25) is 0 Å². The van der Waals surface area contributed by atoms with Gasteiger partial charge < -0.3 is 4.74 Å². The Morgan fingerprint density at radius 3 is 2.73 bits per heavy atom. The topological polar surface area (TPSA) is 29.1 Å². The van der Waals surface area contributed by atoms with Gasteiger partial charge >= 0.3 is 0 Å². The Balaban J connectivity index is 2.52. The van der Waals surface area contributed by atoms with E-state index in [1.807, 2.05) is 18.2 Å². The highest BCUT2D eigenvalue weighted by Crippen LogP contribution is 2.20. The molecule has 15 heavy (non-hydrogen) atoms. The molecule has 0 fully saturated rings. The predicted octanol–water partition coefficient (Wildman–Crippen LogP) is 3.23. The molecule has 1 aromatic carbocycles. The van der Waals surface area contributed by atoms with Crippen molar-refractivity contribution in [3.8, 4) is 5.75 Å². The molecule has 0 aliphatic carbocycles. The average Bonchev–Trinajstić information content (AvgIpc) is 2.28. The smallest absolute Gasteiger partial charge is 0.122 e. The molecule has 2 nitrogen and oxygen atoms in total. The Bertz CT molecular complexity index is 271. The first-order valence-electron chi connectivity index (χ1n) is 5.67. The van der Waals surface area contributed by atoms with Crippen LogP contribution in [0.5, 0.6) is 5.75 Å². The van der Waals surface area contributed by atoms with Gasteiger partial charge in [0.25, 0.3) is 0 Å². The summed E-state index contributed by atoms with van der Waals surface area (Å²) in [6.07, 6.45) is 4.70. The molecule has 0 aromatic heterocycles. The van der Waals surface area contributed by atoms with E-state index < -0.39 is 0 Å². The number of aryl methyl sites for hydroxylation is 1. The average molecular weight is 207 g/mol. The van der Waals surface area contributed by atoms with Gasteiger partial charge in [-0.15, -0.1) is 0 Å². The van der Waals surface area contributed by atoms with Gasteiger partial charge in [0.15, 0.2) is 0 Å². The van der Waals surface area contributed by atoms with Crippen LogP contribution in [0.3, 0.4) is 0 Å². The zero-order valence-electron chi connectivity index (χ0n) is 9.37. The molecule has 0 N–H and O–H groups in total. The van der Waals surface area contributed by atoms with Crippen molar-refractivity contribution in [2.75, 3.05) is 13.2 Å². The molecule has 0 unspecified atom stereocenters. The third-order valence-corrected chi connectivity index (χ3v) is 2.36. The molecule has 0 amide bonds.